The molecule has 0 aliphatic carbocycles. The van der Waals surface area contributed by atoms with Crippen LogP contribution in [-0.2, 0) is 11.3 Å². The molecule has 0 saturated heterocycles. The SMILES string of the molecule is CC(C)(Oc1ccc(F)cc1)C(=O)NCc1ccc2c(c1)OCO2. The first-order valence-corrected chi connectivity index (χ1v) is 7.55. The van der Waals surface area contributed by atoms with Crippen molar-refractivity contribution in [2.45, 2.75) is 26.0 Å². The fourth-order valence-corrected chi connectivity index (χ4v) is 2.29. The van der Waals surface area contributed by atoms with Crippen LogP contribution in [0.1, 0.15) is 19.4 Å². The molecular formula is C18H18FNO4. The highest BCUT2D eigenvalue weighted by Crippen LogP contribution is 2.32. The Morgan fingerprint density at radius 3 is 2.62 bits per heavy atom. The third-order valence-electron chi connectivity index (χ3n) is 3.62. The van der Waals surface area contributed by atoms with Gasteiger partial charge in [-0.1, -0.05) is 6.07 Å². The number of rotatable bonds is 5. The van der Waals surface area contributed by atoms with Crippen molar-refractivity contribution in [2.75, 3.05) is 6.79 Å². The van der Waals surface area contributed by atoms with E-state index in [0.717, 1.165) is 5.56 Å². The number of nitrogens with one attached hydrogen (secondary N) is 1. The molecule has 0 spiro atoms. The van der Waals surface area contributed by atoms with Gasteiger partial charge in [-0.05, 0) is 55.8 Å². The smallest absolute Gasteiger partial charge is 0.263 e. The van der Waals surface area contributed by atoms with E-state index in [2.05, 4.69) is 5.32 Å². The van der Waals surface area contributed by atoms with Gasteiger partial charge in [0, 0.05) is 6.54 Å². The van der Waals surface area contributed by atoms with Crippen molar-refractivity contribution in [1.82, 2.24) is 5.32 Å². The Hall–Kier alpha value is -2.76. The first kappa shape index (κ1) is 16.1. The van der Waals surface area contributed by atoms with Gasteiger partial charge >= 0.3 is 0 Å². The van der Waals surface area contributed by atoms with E-state index < -0.39 is 5.60 Å². The Kier molecular flexibility index (Phi) is 4.29. The molecule has 126 valence electrons. The molecule has 24 heavy (non-hydrogen) atoms. The minimum atomic E-state index is -1.09. The van der Waals surface area contributed by atoms with Crippen LogP contribution in [0.25, 0.3) is 0 Å². The van der Waals surface area contributed by atoms with Crippen LogP contribution < -0.4 is 19.5 Å². The van der Waals surface area contributed by atoms with Gasteiger partial charge in [-0.3, -0.25) is 4.79 Å². The molecule has 5 nitrogen and oxygen atoms in total. The summed E-state index contributed by atoms with van der Waals surface area (Å²) in [5.41, 5.74) is -0.195. The maximum absolute atomic E-state index is 12.9. The van der Waals surface area contributed by atoms with Crippen LogP contribution in [0.4, 0.5) is 4.39 Å². The summed E-state index contributed by atoms with van der Waals surface area (Å²) in [4.78, 5) is 12.4. The summed E-state index contributed by atoms with van der Waals surface area (Å²) >= 11 is 0. The third kappa shape index (κ3) is 3.59. The van der Waals surface area contributed by atoms with Gasteiger partial charge in [0.15, 0.2) is 17.1 Å². The van der Waals surface area contributed by atoms with Crippen molar-refractivity contribution < 1.29 is 23.4 Å². The maximum Gasteiger partial charge on any atom is 0.263 e. The summed E-state index contributed by atoms with van der Waals surface area (Å²) < 4.78 is 29.1. The molecule has 1 aliphatic rings. The van der Waals surface area contributed by atoms with Gasteiger partial charge in [0.2, 0.25) is 6.79 Å². The van der Waals surface area contributed by atoms with E-state index in [9.17, 15) is 9.18 Å². The Bertz CT molecular complexity index is 743. The Morgan fingerprint density at radius 2 is 1.88 bits per heavy atom. The Balaban J connectivity index is 1.60. The van der Waals surface area contributed by atoms with Crippen LogP contribution in [0.2, 0.25) is 0 Å². The number of halogens is 1. The molecule has 2 aromatic carbocycles. The van der Waals surface area contributed by atoms with Crippen LogP contribution in [0, 0.1) is 5.82 Å². The average Bonchev–Trinajstić information content (AvgIpc) is 3.02. The maximum atomic E-state index is 12.9. The standard InChI is InChI=1S/C18H18FNO4/c1-18(2,24-14-6-4-13(19)5-7-14)17(21)20-10-12-3-8-15-16(9-12)23-11-22-15/h3-9H,10-11H2,1-2H3,(H,20,21). The van der Waals surface area contributed by atoms with Crippen molar-refractivity contribution in [3.05, 3.63) is 53.8 Å². The average molecular weight is 331 g/mol. The van der Waals surface area contributed by atoms with E-state index in [-0.39, 0.29) is 18.5 Å². The summed E-state index contributed by atoms with van der Waals surface area (Å²) in [6, 6.07) is 11.1. The number of fused-ring (bicyclic) bond motifs is 1. The number of carbonyl (C=O) groups excluding carboxylic acids is 1. The monoisotopic (exact) mass is 331 g/mol. The quantitative estimate of drug-likeness (QED) is 0.915. The first-order chi connectivity index (χ1) is 11.4. The molecular weight excluding hydrogens is 313 g/mol. The molecule has 0 aromatic heterocycles. The number of amides is 1. The van der Waals surface area contributed by atoms with E-state index >= 15 is 0 Å². The molecule has 1 amide bonds. The lowest BCUT2D eigenvalue weighted by atomic mass is 10.1. The van der Waals surface area contributed by atoms with Crippen LogP contribution in [0.3, 0.4) is 0 Å². The third-order valence-corrected chi connectivity index (χ3v) is 3.62. The summed E-state index contributed by atoms with van der Waals surface area (Å²) in [5, 5.41) is 2.83. The van der Waals surface area contributed by atoms with Gasteiger partial charge in [-0.25, -0.2) is 4.39 Å². The van der Waals surface area contributed by atoms with Crippen LogP contribution >= 0.6 is 0 Å². The largest absolute Gasteiger partial charge is 0.478 e. The van der Waals surface area contributed by atoms with E-state index in [1.54, 1.807) is 13.8 Å². The van der Waals surface area contributed by atoms with Gasteiger partial charge in [0.1, 0.15) is 11.6 Å². The zero-order valence-electron chi connectivity index (χ0n) is 13.5. The first-order valence-electron chi connectivity index (χ1n) is 7.55. The van der Waals surface area contributed by atoms with Crippen molar-refractivity contribution in [3.8, 4) is 17.2 Å². The molecule has 0 saturated carbocycles. The predicted molar refractivity (Wildman–Crippen MR) is 85.5 cm³/mol. The van der Waals surface area contributed by atoms with Gasteiger partial charge in [-0.2, -0.15) is 0 Å². The Labute approximate surface area is 139 Å². The van der Waals surface area contributed by atoms with Gasteiger partial charge in [-0.15, -0.1) is 0 Å². The minimum Gasteiger partial charge on any atom is -0.478 e. The van der Waals surface area contributed by atoms with Crippen molar-refractivity contribution in [1.29, 1.82) is 0 Å². The van der Waals surface area contributed by atoms with Crippen molar-refractivity contribution in [2.24, 2.45) is 0 Å². The molecule has 1 aliphatic heterocycles. The molecule has 1 heterocycles. The molecule has 0 radical (unpaired) electrons. The summed E-state index contributed by atoms with van der Waals surface area (Å²) in [6.07, 6.45) is 0. The molecule has 6 heteroatoms. The summed E-state index contributed by atoms with van der Waals surface area (Å²) in [6.45, 7) is 3.87. The van der Waals surface area contributed by atoms with Crippen molar-refractivity contribution >= 4 is 5.91 Å². The van der Waals surface area contributed by atoms with Gasteiger partial charge < -0.3 is 19.5 Å². The van der Waals surface area contributed by atoms with E-state index in [1.807, 2.05) is 18.2 Å². The number of ether oxygens (including phenoxy) is 3. The molecule has 3 rings (SSSR count). The fraction of sp³-hybridized carbons (Fsp3) is 0.278. The minimum absolute atomic E-state index is 0.212. The molecule has 0 unspecified atom stereocenters. The molecule has 1 N–H and O–H groups in total. The summed E-state index contributed by atoms with van der Waals surface area (Å²) in [5.74, 6) is 1.17. The van der Waals surface area contributed by atoms with E-state index in [0.29, 0.717) is 23.8 Å². The molecule has 0 atom stereocenters. The lowest BCUT2D eigenvalue weighted by Crippen LogP contribution is -2.46. The highest BCUT2D eigenvalue weighted by atomic mass is 19.1. The number of hydrogen-bond donors (Lipinski definition) is 1. The van der Waals surface area contributed by atoms with Crippen LogP contribution in [0.5, 0.6) is 17.2 Å². The predicted octanol–water partition coefficient (Wildman–Crippen LogP) is 3.03. The lowest BCUT2D eigenvalue weighted by Gasteiger charge is -2.25. The second kappa shape index (κ2) is 6.39. The topological polar surface area (TPSA) is 56.8 Å². The normalized spacial score (nSPS) is 12.8. The summed E-state index contributed by atoms with van der Waals surface area (Å²) in [7, 11) is 0. The van der Waals surface area contributed by atoms with Crippen LogP contribution in [-0.4, -0.2) is 18.3 Å². The van der Waals surface area contributed by atoms with Gasteiger partial charge in [0.25, 0.3) is 5.91 Å². The zero-order chi connectivity index (χ0) is 17.2. The second-order valence-electron chi connectivity index (χ2n) is 5.94. The fourth-order valence-electron chi connectivity index (χ4n) is 2.29. The van der Waals surface area contributed by atoms with Gasteiger partial charge in [0.05, 0.1) is 0 Å². The molecule has 2 aromatic rings. The van der Waals surface area contributed by atoms with Crippen LogP contribution in [0.15, 0.2) is 42.5 Å². The second-order valence-corrected chi connectivity index (χ2v) is 5.94. The zero-order valence-corrected chi connectivity index (χ0v) is 13.5. The lowest BCUT2D eigenvalue weighted by molar-refractivity contribution is -0.134. The van der Waals surface area contributed by atoms with Crippen molar-refractivity contribution in [3.63, 3.8) is 0 Å². The Morgan fingerprint density at radius 1 is 1.17 bits per heavy atom. The number of carbonyl (C=O) groups is 1. The number of hydrogen-bond acceptors (Lipinski definition) is 4. The highest BCUT2D eigenvalue weighted by molar-refractivity contribution is 5.84. The molecule has 0 fully saturated rings. The van der Waals surface area contributed by atoms with E-state index in [1.165, 1.54) is 24.3 Å². The highest BCUT2D eigenvalue weighted by Gasteiger charge is 2.29. The van der Waals surface area contributed by atoms with E-state index in [4.69, 9.17) is 14.2 Å². The number of benzene rings is 2. The molecule has 0 bridgehead atoms.